The number of ether oxygens (including phenoxy) is 1. The summed E-state index contributed by atoms with van der Waals surface area (Å²) in [7, 11) is 3.60. The molecule has 0 aliphatic rings. The molecule has 9 heteroatoms. The molecule has 0 fully saturated rings. The van der Waals surface area contributed by atoms with Gasteiger partial charge in [0, 0.05) is 53.7 Å². The summed E-state index contributed by atoms with van der Waals surface area (Å²) in [5, 5.41) is 15.5. The molecule has 2 heterocycles. The van der Waals surface area contributed by atoms with Crippen LogP contribution < -0.4 is 10.1 Å². The van der Waals surface area contributed by atoms with Gasteiger partial charge < -0.3 is 19.5 Å². The third-order valence-electron chi connectivity index (χ3n) is 6.32. The van der Waals surface area contributed by atoms with Crippen molar-refractivity contribution >= 4 is 51.7 Å². The molecule has 1 N–H and O–H groups in total. The number of nitrogens with zero attached hydrogens (tertiary/aromatic N) is 5. The molecule has 0 aliphatic carbocycles. The van der Waals surface area contributed by atoms with Crippen molar-refractivity contribution in [1.82, 2.24) is 19.4 Å². The first-order valence-corrected chi connectivity index (χ1v) is 13.7. The van der Waals surface area contributed by atoms with Crippen LogP contribution in [-0.4, -0.2) is 46.2 Å². The lowest BCUT2D eigenvalue weighted by molar-refractivity contribution is 0.310. The number of anilines is 2. The number of nitriles is 1. The van der Waals surface area contributed by atoms with Crippen LogP contribution in [0.15, 0.2) is 65.1 Å². The third kappa shape index (κ3) is 6.30. The SMILES string of the molecule is CCN(CC)CCC=Cc1cc2ncc(C#N)c(Nc3ccc(Sc4nccn4C)c(Cl)c3)c2cc1OC. The summed E-state index contributed by atoms with van der Waals surface area (Å²) in [6.45, 7) is 7.45. The van der Waals surface area contributed by atoms with Gasteiger partial charge in [-0.15, -0.1) is 0 Å². The predicted octanol–water partition coefficient (Wildman–Crippen LogP) is 7.14. The molecule has 0 atom stereocenters. The fourth-order valence-corrected chi connectivity index (χ4v) is 5.23. The first-order valence-electron chi connectivity index (χ1n) is 12.5. The minimum Gasteiger partial charge on any atom is -0.496 e. The molecule has 196 valence electrons. The highest BCUT2D eigenvalue weighted by Crippen LogP contribution is 2.37. The molecule has 2 aromatic heterocycles. The van der Waals surface area contributed by atoms with E-state index in [9.17, 15) is 5.26 Å². The minimum atomic E-state index is 0.435. The van der Waals surface area contributed by atoms with Crippen molar-refractivity contribution in [3.8, 4) is 11.8 Å². The molecule has 2 aromatic carbocycles. The highest BCUT2D eigenvalue weighted by Gasteiger charge is 2.14. The number of imidazole rings is 1. The van der Waals surface area contributed by atoms with E-state index >= 15 is 0 Å². The topological polar surface area (TPSA) is 79.0 Å². The average molecular weight is 547 g/mol. The van der Waals surface area contributed by atoms with Gasteiger partial charge in [-0.25, -0.2) is 4.98 Å². The zero-order valence-corrected chi connectivity index (χ0v) is 23.6. The van der Waals surface area contributed by atoms with E-state index in [0.29, 0.717) is 16.3 Å². The lowest BCUT2D eigenvalue weighted by atomic mass is 10.0. The zero-order valence-electron chi connectivity index (χ0n) is 22.0. The Hall–Kier alpha value is -3.51. The molecule has 0 aliphatic heterocycles. The van der Waals surface area contributed by atoms with E-state index in [2.05, 4.69) is 52.3 Å². The number of methoxy groups -OCH3 is 1. The van der Waals surface area contributed by atoms with Crippen molar-refractivity contribution in [1.29, 1.82) is 5.26 Å². The quantitative estimate of drug-likeness (QED) is 0.214. The van der Waals surface area contributed by atoms with E-state index in [1.165, 1.54) is 11.8 Å². The Morgan fingerprint density at radius 1 is 1.21 bits per heavy atom. The van der Waals surface area contributed by atoms with E-state index in [4.69, 9.17) is 16.3 Å². The van der Waals surface area contributed by atoms with Gasteiger partial charge in [0.15, 0.2) is 5.16 Å². The summed E-state index contributed by atoms with van der Waals surface area (Å²) >= 11 is 8.11. The molecule has 0 bridgehead atoms. The van der Waals surface area contributed by atoms with Gasteiger partial charge in [-0.1, -0.05) is 49.4 Å². The van der Waals surface area contributed by atoms with Crippen LogP contribution in [0, 0.1) is 11.3 Å². The van der Waals surface area contributed by atoms with Gasteiger partial charge in [-0.3, -0.25) is 4.98 Å². The molecule has 38 heavy (non-hydrogen) atoms. The van der Waals surface area contributed by atoms with Gasteiger partial charge in [-0.2, -0.15) is 5.26 Å². The van der Waals surface area contributed by atoms with E-state index in [-0.39, 0.29) is 0 Å². The summed E-state index contributed by atoms with van der Waals surface area (Å²) in [6.07, 6.45) is 10.4. The smallest absolute Gasteiger partial charge is 0.172 e. The Kier molecular flexibility index (Phi) is 9.29. The number of rotatable bonds is 11. The van der Waals surface area contributed by atoms with E-state index < -0.39 is 0 Å². The summed E-state index contributed by atoms with van der Waals surface area (Å²) in [6, 6.07) is 11.9. The molecule has 0 saturated carbocycles. The van der Waals surface area contributed by atoms with Crippen LogP contribution in [0.25, 0.3) is 17.0 Å². The molecule has 0 radical (unpaired) electrons. The Morgan fingerprint density at radius 3 is 2.68 bits per heavy atom. The van der Waals surface area contributed by atoms with Gasteiger partial charge in [0.1, 0.15) is 11.8 Å². The van der Waals surface area contributed by atoms with Crippen LogP contribution in [0.4, 0.5) is 11.4 Å². The summed E-state index contributed by atoms with van der Waals surface area (Å²) in [4.78, 5) is 12.2. The number of hydrogen-bond donors (Lipinski definition) is 1. The average Bonchev–Trinajstić information content (AvgIpc) is 3.34. The number of aromatic nitrogens is 3. The molecular formula is C29H31ClN6OS. The molecule has 0 amide bonds. The maximum absolute atomic E-state index is 9.82. The van der Waals surface area contributed by atoms with Gasteiger partial charge in [0.25, 0.3) is 0 Å². The summed E-state index contributed by atoms with van der Waals surface area (Å²) < 4.78 is 7.66. The molecule has 4 aromatic rings. The number of fused-ring (bicyclic) bond motifs is 1. The van der Waals surface area contributed by atoms with E-state index in [0.717, 1.165) is 64.0 Å². The second kappa shape index (κ2) is 12.8. The van der Waals surface area contributed by atoms with Crippen molar-refractivity contribution in [2.45, 2.75) is 30.3 Å². The number of aryl methyl sites for hydroxylation is 1. The lowest BCUT2D eigenvalue weighted by Gasteiger charge is -2.16. The van der Waals surface area contributed by atoms with Crippen LogP contribution >= 0.6 is 23.4 Å². The molecule has 4 rings (SSSR count). The number of hydrogen-bond acceptors (Lipinski definition) is 7. The Morgan fingerprint density at radius 2 is 2.03 bits per heavy atom. The monoisotopic (exact) mass is 546 g/mol. The first kappa shape index (κ1) is 27.5. The maximum Gasteiger partial charge on any atom is 0.172 e. The largest absolute Gasteiger partial charge is 0.496 e. The predicted molar refractivity (Wildman–Crippen MR) is 157 cm³/mol. The second-order valence-corrected chi connectivity index (χ2v) is 10.1. The van der Waals surface area contributed by atoms with Crippen LogP contribution in [0.2, 0.25) is 5.02 Å². The maximum atomic E-state index is 9.82. The number of halogens is 1. The van der Waals surface area contributed by atoms with Crippen LogP contribution in [-0.2, 0) is 7.05 Å². The molecule has 0 unspecified atom stereocenters. The fraction of sp³-hybridized carbons (Fsp3) is 0.276. The molecule has 7 nitrogen and oxygen atoms in total. The number of benzene rings is 2. The number of pyridine rings is 1. The van der Waals surface area contributed by atoms with Crippen LogP contribution in [0.5, 0.6) is 5.75 Å². The Balaban J connectivity index is 1.63. The van der Waals surface area contributed by atoms with Crippen molar-refractivity contribution in [2.24, 2.45) is 7.05 Å². The lowest BCUT2D eigenvalue weighted by Crippen LogP contribution is -2.23. The summed E-state index contributed by atoms with van der Waals surface area (Å²) in [5.41, 5.74) is 3.57. The highest BCUT2D eigenvalue weighted by atomic mass is 35.5. The van der Waals surface area contributed by atoms with E-state index in [1.807, 2.05) is 48.1 Å². The molecule has 0 saturated heterocycles. The van der Waals surface area contributed by atoms with Gasteiger partial charge in [0.2, 0.25) is 0 Å². The van der Waals surface area contributed by atoms with Gasteiger partial charge in [-0.05, 0) is 49.8 Å². The minimum absolute atomic E-state index is 0.435. The van der Waals surface area contributed by atoms with Crippen LogP contribution in [0.1, 0.15) is 31.4 Å². The zero-order chi connectivity index (χ0) is 27.1. The Bertz CT molecular complexity index is 1490. The summed E-state index contributed by atoms with van der Waals surface area (Å²) in [5.74, 6) is 0.719. The van der Waals surface area contributed by atoms with E-state index in [1.54, 1.807) is 19.5 Å². The molecule has 0 spiro atoms. The third-order valence-corrected chi connectivity index (χ3v) is 7.90. The Labute approximate surface area is 233 Å². The van der Waals surface area contributed by atoms with Crippen molar-refractivity contribution < 1.29 is 4.74 Å². The van der Waals surface area contributed by atoms with Crippen molar-refractivity contribution in [2.75, 3.05) is 32.1 Å². The van der Waals surface area contributed by atoms with Gasteiger partial charge >= 0.3 is 0 Å². The van der Waals surface area contributed by atoms with Gasteiger partial charge in [0.05, 0.1) is 28.9 Å². The normalized spacial score (nSPS) is 11.4. The number of nitrogens with one attached hydrogen (secondary N) is 1. The van der Waals surface area contributed by atoms with Crippen molar-refractivity contribution in [3.05, 3.63) is 71.1 Å². The molecular weight excluding hydrogens is 516 g/mol. The van der Waals surface area contributed by atoms with Crippen molar-refractivity contribution in [3.63, 3.8) is 0 Å². The van der Waals surface area contributed by atoms with Crippen LogP contribution in [0.3, 0.4) is 0 Å². The second-order valence-electron chi connectivity index (χ2n) is 8.68. The highest BCUT2D eigenvalue weighted by molar-refractivity contribution is 7.99. The fourth-order valence-electron chi connectivity index (χ4n) is 4.12. The first-order chi connectivity index (χ1) is 18.5. The standard InChI is InChI=1S/C29H31ClN6OS/c1-5-36(6-2)13-8-7-9-20-15-25-23(17-26(20)37-4)28(21(18-31)19-33-25)34-22-10-11-27(24(30)16-22)38-29-32-12-14-35(29)3/h7,9-12,14-17,19H,5-6,8,13H2,1-4H3,(H,33,34).